The Labute approximate surface area is 195 Å². The van der Waals surface area contributed by atoms with Crippen molar-refractivity contribution in [1.82, 2.24) is 19.4 Å². The number of hydrogen-bond acceptors (Lipinski definition) is 4. The van der Waals surface area contributed by atoms with Crippen LogP contribution in [0.25, 0.3) is 16.7 Å². The van der Waals surface area contributed by atoms with Crippen molar-refractivity contribution in [3.8, 4) is 5.69 Å². The minimum absolute atomic E-state index is 0.181. The number of pyridine rings is 1. The lowest BCUT2D eigenvalue weighted by molar-refractivity contribution is -0.131. The fraction of sp³-hybridized carbons (Fsp3) is 0.240. The zero-order chi connectivity index (χ0) is 21.9. The van der Waals surface area contributed by atoms with Gasteiger partial charge in [0.1, 0.15) is 11.6 Å². The molecule has 162 valence electrons. The van der Waals surface area contributed by atoms with Crippen molar-refractivity contribution >= 4 is 38.7 Å². The van der Waals surface area contributed by atoms with Gasteiger partial charge in [-0.15, -0.1) is 0 Å². The zero-order valence-corrected chi connectivity index (χ0v) is 19.3. The van der Waals surface area contributed by atoms with Crippen molar-refractivity contribution in [2.24, 2.45) is 0 Å². The number of fused-ring (bicyclic) bond motifs is 1. The summed E-state index contributed by atoms with van der Waals surface area (Å²) >= 11 is 3.42. The van der Waals surface area contributed by atoms with Gasteiger partial charge < -0.3 is 9.80 Å². The normalized spacial score (nSPS) is 14.2. The summed E-state index contributed by atoms with van der Waals surface area (Å²) in [4.78, 5) is 26.5. The van der Waals surface area contributed by atoms with Crippen LogP contribution < -0.4 is 4.90 Å². The monoisotopic (exact) mass is 489 g/mol. The van der Waals surface area contributed by atoms with Gasteiger partial charge in [-0.3, -0.25) is 9.36 Å². The summed E-state index contributed by atoms with van der Waals surface area (Å²) in [6.45, 7) is 3.02. The molecule has 0 aliphatic carbocycles. The molecule has 0 unspecified atom stereocenters. The molecule has 1 aliphatic rings. The average Bonchev–Trinajstić information content (AvgIpc) is 3.22. The smallest absolute Gasteiger partial charge is 0.223 e. The lowest BCUT2D eigenvalue weighted by Crippen LogP contribution is -2.49. The van der Waals surface area contributed by atoms with Crippen molar-refractivity contribution in [2.45, 2.75) is 12.8 Å². The van der Waals surface area contributed by atoms with Crippen LogP contribution in [-0.4, -0.2) is 51.5 Å². The van der Waals surface area contributed by atoms with Crippen LogP contribution in [0.3, 0.4) is 0 Å². The number of carbonyl (C=O) groups excluding carboxylic acids is 1. The number of rotatable bonds is 5. The Hall–Kier alpha value is -3.19. The van der Waals surface area contributed by atoms with Crippen LogP contribution in [0.4, 0.5) is 5.82 Å². The number of aryl methyl sites for hydroxylation is 1. The lowest BCUT2D eigenvalue weighted by atomic mass is 10.2. The highest BCUT2D eigenvalue weighted by atomic mass is 79.9. The summed E-state index contributed by atoms with van der Waals surface area (Å²) in [5, 5.41) is 0. The Morgan fingerprint density at radius 1 is 0.906 bits per heavy atom. The first-order valence-electron chi connectivity index (χ1n) is 10.8. The molecule has 4 aromatic rings. The van der Waals surface area contributed by atoms with Crippen LogP contribution in [-0.2, 0) is 11.2 Å². The van der Waals surface area contributed by atoms with Crippen molar-refractivity contribution in [3.63, 3.8) is 0 Å². The maximum atomic E-state index is 13.0. The Bertz CT molecular complexity index is 1210. The van der Waals surface area contributed by atoms with E-state index in [1.54, 1.807) is 0 Å². The highest BCUT2D eigenvalue weighted by Crippen LogP contribution is 2.23. The van der Waals surface area contributed by atoms with Crippen LogP contribution in [0.15, 0.2) is 77.4 Å². The first kappa shape index (κ1) is 20.7. The molecule has 0 bridgehead atoms. The number of benzene rings is 2. The summed E-state index contributed by atoms with van der Waals surface area (Å²) in [5.74, 6) is 2.06. The number of hydrogen-bond donors (Lipinski definition) is 0. The summed E-state index contributed by atoms with van der Waals surface area (Å²) in [6.07, 6.45) is 2.87. The fourth-order valence-electron chi connectivity index (χ4n) is 4.23. The summed E-state index contributed by atoms with van der Waals surface area (Å²) < 4.78 is 3.14. The molecular formula is C25H24BrN5O. The number of piperazine rings is 1. The van der Waals surface area contributed by atoms with Crippen LogP contribution in [0.5, 0.6) is 0 Å². The zero-order valence-electron chi connectivity index (χ0n) is 17.7. The SMILES string of the molecule is O=C(CCc1nc2ccccc2n1-c1ccccc1)N1CCN(c2ccc(Br)cn2)CC1. The van der Waals surface area contributed by atoms with E-state index in [4.69, 9.17) is 4.98 Å². The number of anilines is 1. The number of nitrogens with zero attached hydrogens (tertiary/aromatic N) is 5. The van der Waals surface area contributed by atoms with Crippen LogP contribution in [0.2, 0.25) is 0 Å². The molecule has 2 aromatic carbocycles. The highest BCUT2D eigenvalue weighted by molar-refractivity contribution is 9.10. The first-order valence-corrected chi connectivity index (χ1v) is 11.6. The van der Waals surface area contributed by atoms with Gasteiger partial charge in [0.25, 0.3) is 0 Å². The largest absolute Gasteiger partial charge is 0.353 e. The predicted molar refractivity (Wildman–Crippen MR) is 130 cm³/mol. The van der Waals surface area contributed by atoms with Crippen molar-refractivity contribution in [3.05, 3.63) is 83.2 Å². The molecule has 0 spiro atoms. The molecule has 7 heteroatoms. The third kappa shape index (κ3) is 4.25. The van der Waals surface area contributed by atoms with E-state index in [0.717, 1.165) is 45.9 Å². The number of imidazole rings is 1. The Morgan fingerprint density at radius 3 is 2.41 bits per heavy atom. The lowest BCUT2D eigenvalue weighted by Gasteiger charge is -2.35. The number of carbonyl (C=O) groups is 1. The van der Waals surface area contributed by atoms with Crippen LogP contribution in [0, 0.1) is 0 Å². The minimum Gasteiger partial charge on any atom is -0.353 e. The molecular weight excluding hydrogens is 466 g/mol. The van der Waals surface area contributed by atoms with Gasteiger partial charge in [0, 0.05) is 55.4 Å². The molecule has 32 heavy (non-hydrogen) atoms. The van der Waals surface area contributed by atoms with Crippen LogP contribution in [0.1, 0.15) is 12.2 Å². The number of amides is 1. The summed E-state index contributed by atoms with van der Waals surface area (Å²) in [5.41, 5.74) is 3.09. The second-order valence-corrected chi connectivity index (χ2v) is 8.81. The molecule has 0 N–H and O–H groups in total. The van der Waals surface area contributed by atoms with Gasteiger partial charge in [-0.25, -0.2) is 9.97 Å². The molecule has 3 heterocycles. The van der Waals surface area contributed by atoms with Crippen molar-refractivity contribution in [1.29, 1.82) is 0 Å². The summed E-state index contributed by atoms with van der Waals surface area (Å²) in [6, 6.07) is 22.4. The average molecular weight is 490 g/mol. The Balaban J connectivity index is 1.26. The molecule has 0 atom stereocenters. The van der Waals surface area contributed by atoms with Crippen LogP contribution >= 0.6 is 15.9 Å². The molecule has 0 saturated carbocycles. The summed E-state index contributed by atoms with van der Waals surface area (Å²) in [7, 11) is 0. The van der Waals surface area contributed by atoms with E-state index in [0.29, 0.717) is 25.9 Å². The van der Waals surface area contributed by atoms with E-state index < -0.39 is 0 Å². The van der Waals surface area contributed by atoms with Gasteiger partial charge in [0.05, 0.1) is 11.0 Å². The quantitative estimate of drug-likeness (QED) is 0.415. The van der Waals surface area contributed by atoms with Gasteiger partial charge >= 0.3 is 0 Å². The highest BCUT2D eigenvalue weighted by Gasteiger charge is 2.22. The van der Waals surface area contributed by atoms with E-state index in [1.807, 2.05) is 59.6 Å². The van der Waals surface area contributed by atoms with Gasteiger partial charge in [-0.05, 0) is 52.3 Å². The second-order valence-electron chi connectivity index (χ2n) is 7.89. The molecule has 0 radical (unpaired) electrons. The number of halogens is 1. The van der Waals surface area contributed by atoms with E-state index in [2.05, 4.69) is 48.6 Å². The van der Waals surface area contributed by atoms with Gasteiger partial charge in [0.2, 0.25) is 5.91 Å². The molecule has 1 saturated heterocycles. The maximum Gasteiger partial charge on any atom is 0.223 e. The van der Waals surface area contributed by atoms with Gasteiger partial charge in [0.15, 0.2) is 0 Å². The molecule has 1 fully saturated rings. The number of para-hydroxylation sites is 3. The Kier molecular flexibility index (Phi) is 5.90. The molecule has 1 amide bonds. The fourth-order valence-corrected chi connectivity index (χ4v) is 4.46. The first-order chi connectivity index (χ1) is 15.7. The molecule has 2 aromatic heterocycles. The third-order valence-corrected chi connectivity index (χ3v) is 6.34. The van der Waals surface area contributed by atoms with E-state index in [9.17, 15) is 4.79 Å². The van der Waals surface area contributed by atoms with E-state index >= 15 is 0 Å². The van der Waals surface area contributed by atoms with Crippen molar-refractivity contribution in [2.75, 3.05) is 31.1 Å². The van der Waals surface area contributed by atoms with Gasteiger partial charge in [-0.2, -0.15) is 0 Å². The molecule has 6 nitrogen and oxygen atoms in total. The number of aromatic nitrogens is 3. The standard InChI is InChI=1S/C25H24BrN5O/c26-19-10-11-23(27-18-19)29-14-16-30(17-15-29)25(32)13-12-24-28-21-8-4-5-9-22(21)31(24)20-6-2-1-3-7-20/h1-11,18H,12-17H2. The van der Waals surface area contributed by atoms with E-state index in [-0.39, 0.29) is 5.91 Å². The topological polar surface area (TPSA) is 54.3 Å². The van der Waals surface area contributed by atoms with Gasteiger partial charge in [-0.1, -0.05) is 30.3 Å². The molecule has 5 rings (SSSR count). The second kappa shape index (κ2) is 9.12. The predicted octanol–water partition coefficient (Wildman–Crippen LogP) is 4.46. The third-order valence-electron chi connectivity index (χ3n) is 5.88. The maximum absolute atomic E-state index is 13.0. The Morgan fingerprint density at radius 2 is 1.66 bits per heavy atom. The van der Waals surface area contributed by atoms with Crippen molar-refractivity contribution < 1.29 is 4.79 Å². The minimum atomic E-state index is 0.181. The molecule has 1 aliphatic heterocycles. The van der Waals surface area contributed by atoms with E-state index in [1.165, 1.54) is 0 Å².